The second-order valence-corrected chi connectivity index (χ2v) is 6.30. The van der Waals surface area contributed by atoms with E-state index < -0.39 is 0 Å². The fourth-order valence-corrected chi connectivity index (χ4v) is 2.14. The minimum atomic E-state index is -0.281. The Bertz CT molecular complexity index is 654. The van der Waals surface area contributed by atoms with E-state index in [-0.39, 0.29) is 17.3 Å². The van der Waals surface area contributed by atoms with E-state index in [9.17, 15) is 9.18 Å². The number of hydrogen-bond acceptors (Lipinski definition) is 1. The van der Waals surface area contributed by atoms with Gasteiger partial charge < -0.3 is 5.32 Å². The number of rotatable bonds is 2. The van der Waals surface area contributed by atoms with Crippen LogP contribution >= 0.6 is 0 Å². The largest absolute Gasteiger partial charge is 0.347 e. The van der Waals surface area contributed by atoms with Crippen LogP contribution in [0.3, 0.4) is 0 Å². The first kappa shape index (κ1) is 15.2. The number of aryl methyl sites for hydroxylation is 1. The normalized spacial score (nSPS) is 11.3. The molecule has 0 saturated heterocycles. The third-order valence-corrected chi connectivity index (χ3v) is 3.01. The van der Waals surface area contributed by atoms with Crippen molar-refractivity contribution in [3.8, 4) is 11.1 Å². The van der Waals surface area contributed by atoms with E-state index >= 15 is 0 Å². The molecule has 0 unspecified atom stereocenters. The number of carbonyl (C=O) groups excluding carboxylic acids is 1. The Labute approximate surface area is 125 Å². The van der Waals surface area contributed by atoms with Crippen molar-refractivity contribution in [2.24, 2.45) is 0 Å². The smallest absolute Gasteiger partial charge is 0.251 e. The molecule has 110 valence electrons. The summed E-state index contributed by atoms with van der Waals surface area (Å²) in [7, 11) is 0. The van der Waals surface area contributed by atoms with Crippen molar-refractivity contribution in [2.75, 3.05) is 0 Å². The molecule has 0 fully saturated rings. The Morgan fingerprint density at radius 1 is 1.00 bits per heavy atom. The molecule has 0 spiro atoms. The maximum absolute atomic E-state index is 13.0. The van der Waals surface area contributed by atoms with Gasteiger partial charge in [0, 0.05) is 11.1 Å². The fourth-order valence-electron chi connectivity index (χ4n) is 2.14. The zero-order valence-corrected chi connectivity index (χ0v) is 12.8. The van der Waals surface area contributed by atoms with Gasteiger partial charge in [0.1, 0.15) is 5.82 Å². The predicted molar refractivity (Wildman–Crippen MR) is 83.8 cm³/mol. The summed E-state index contributed by atoms with van der Waals surface area (Å²) in [6.45, 7) is 7.78. The molecular formula is C18H20FNO. The molecule has 0 radical (unpaired) electrons. The van der Waals surface area contributed by atoms with E-state index in [1.807, 2.05) is 45.9 Å². The molecule has 0 bridgehead atoms. The van der Waals surface area contributed by atoms with Crippen LogP contribution in [0.25, 0.3) is 11.1 Å². The number of amides is 1. The molecule has 2 rings (SSSR count). The van der Waals surface area contributed by atoms with Gasteiger partial charge in [-0.05, 0) is 68.7 Å². The third kappa shape index (κ3) is 4.15. The molecule has 1 amide bonds. The van der Waals surface area contributed by atoms with Crippen LogP contribution in [0, 0.1) is 12.7 Å². The summed E-state index contributed by atoms with van der Waals surface area (Å²) in [6, 6.07) is 12.0. The number of nitrogens with one attached hydrogen (secondary N) is 1. The lowest BCUT2D eigenvalue weighted by atomic mass is 9.99. The third-order valence-electron chi connectivity index (χ3n) is 3.01. The lowest BCUT2D eigenvalue weighted by Crippen LogP contribution is -2.40. The second kappa shape index (κ2) is 5.68. The Morgan fingerprint density at radius 3 is 2.19 bits per heavy atom. The van der Waals surface area contributed by atoms with Crippen LogP contribution in [0.4, 0.5) is 4.39 Å². The molecule has 2 aromatic rings. The molecule has 0 aliphatic carbocycles. The Kier molecular flexibility index (Phi) is 4.12. The van der Waals surface area contributed by atoms with E-state index in [1.54, 1.807) is 12.1 Å². The van der Waals surface area contributed by atoms with E-state index in [0.717, 1.165) is 16.7 Å². The van der Waals surface area contributed by atoms with Gasteiger partial charge in [0.05, 0.1) is 0 Å². The van der Waals surface area contributed by atoms with E-state index in [0.29, 0.717) is 5.56 Å². The average Bonchev–Trinajstić information content (AvgIpc) is 2.36. The van der Waals surface area contributed by atoms with Crippen molar-refractivity contribution in [3.63, 3.8) is 0 Å². The average molecular weight is 285 g/mol. The summed E-state index contributed by atoms with van der Waals surface area (Å²) >= 11 is 0. The molecule has 0 heterocycles. The van der Waals surface area contributed by atoms with Crippen molar-refractivity contribution < 1.29 is 9.18 Å². The molecule has 0 aliphatic heterocycles. The van der Waals surface area contributed by atoms with E-state index in [2.05, 4.69) is 5.32 Å². The van der Waals surface area contributed by atoms with E-state index in [4.69, 9.17) is 0 Å². The van der Waals surface area contributed by atoms with Crippen molar-refractivity contribution >= 4 is 5.91 Å². The van der Waals surface area contributed by atoms with Crippen LogP contribution in [0.1, 0.15) is 36.7 Å². The van der Waals surface area contributed by atoms with Crippen molar-refractivity contribution in [3.05, 3.63) is 59.4 Å². The minimum absolute atomic E-state index is 0.102. The highest BCUT2D eigenvalue weighted by Gasteiger charge is 2.16. The zero-order valence-electron chi connectivity index (χ0n) is 12.8. The standard InChI is InChI=1S/C18H20FNO/c1-12-9-14(13-5-7-16(19)8-6-13)11-15(10-12)17(21)20-18(2,3)4/h5-11H,1-4H3,(H,20,21). The first-order chi connectivity index (χ1) is 9.74. The maximum Gasteiger partial charge on any atom is 0.251 e. The predicted octanol–water partition coefficient (Wildman–Crippen LogP) is 4.33. The summed E-state index contributed by atoms with van der Waals surface area (Å²) in [4.78, 5) is 12.3. The SMILES string of the molecule is Cc1cc(C(=O)NC(C)(C)C)cc(-c2ccc(F)cc2)c1. The van der Waals surface area contributed by atoms with Gasteiger partial charge in [-0.3, -0.25) is 4.79 Å². The highest BCUT2D eigenvalue weighted by molar-refractivity contribution is 5.96. The number of hydrogen-bond donors (Lipinski definition) is 1. The van der Waals surface area contributed by atoms with Crippen LogP contribution in [0.15, 0.2) is 42.5 Å². The summed E-state index contributed by atoms with van der Waals surface area (Å²) in [5.74, 6) is -0.369. The fraction of sp³-hybridized carbons (Fsp3) is 0.278. The van der Waals surface area contributed by atoms with Gasteiger partial charge in [0.25, 0.3) is 5.91 Å². The highest BCUT2D eigenvalue weighted by atomic mass is 19.1. The molecule has 0 aliphatic rings. The monoisotopic (exact) mass is 285 g/mol. The molecule has 1 N–H and O–H groups in total. The first-order valence-corrected chi connectivity index (χ1v) is 6.95. The Balaban J connectivity index is 2.37. The molecule has 2 aromatic carbocycles. The Morgan fingerprint density at radius 2 is 1.62 bits per heavy atom. The number of carbonyl (C=O) groups is 1. The van der Waals surface area contributed by atoms with Crippen LogP contribution in [0.5, 0.6) is 0 Å². The number of benzene rings is 2. The maximum atomic E-state index is 13.0. The van der Waals surface area contributed by atoms with Gasteiger partial charge in [0.15, 0.2) is 0 Å². The first-order valence-electron chi connectivity index (χ1n) is 6.95. The molecule has 2 nitrogen and oxygen atoms in total. The molecular weight excluding hydrogens is 265 g/mol. The Hall–Kier alpha value is -2.16. The lowest BCUT2D eigenvalue weighted by molar-refractivity contribution is 0.0919. The van der Waals surface area contributed by atoms with Gasteiger partial charge in [-0.1, -0.05) is 18.2 Å². The summed E-state index contributed by atoms with van der Waals surface area (Å²) < 4.78 is 13.0. The second-order valence-electron chi connectivity index (χ2n) is 6.30. The molecule has 0 atom stereocenters. The number of halogens is 1. The summed E-state index contributed by atoms with van der Waals surface area (Å²) in [5.41, 5.74) is 3.13. The van der Waals surface area contributed by atoms with Gasteiger partial charge >= 0.3 is 0 Å². The van der Waals surface area contributed by atoms with Crippen LogP contribution < -0.4 is 5.32 Å². The van der Waals surface area contributed by atoms with Gasteiger partial charge in [-0.25, -0.2) is 4.39 Å². The van der Waals surface area contributed by atoms with Crippen molar-refractivity contribution in [2.45, 2.75) is 33.2 Å². The van der Waals surface area contributed by atoms with Crippen LogP contribution in [-0.2, 0) is 0 Å². The van der Waals surface area contributed by atoms with Gasteiger partial charge in [-0.15, -0.1) is 0 Å². The van der Waals surface area contributed by atoms with Gasteiger partial charge in [-0.2, -0.15) is 0 Å². The zero-order chi connectivity index (χ0) is 15.6. The summed E-state index contributed by atoms with van der Waals surface area (Å²) in [6.07, 6.45) is 0. The molecule has 0 saturated carbocycles. The van der Waals surface area contributed by atoms with Crippen LogP contribution in [-0.4, -0.2) is 11.4 Å². The van der Waals surface area contributed by atoms with Crippen molar-refractivity contribution in [1.82, 2.24) is 5.32 Å². The minimum Gasteiger partial charge on any atom is -0.347 e. The van der Waals surface area contributed by atoms with Crippen molar-refractivity contribution in [1.29, 1.82) is 0 Å². The lowest BCUT2D eigenvalue weighted by Gasteiger charge is -2.21. The topological polar surface area (TPSA) is 29.1 Å². The van der Waals surface area contributed by atoms with E-state index in [1.165, 1.54) is 12.1 Å². The molecule has 21 heavy (non-hydrogen) atoms. The van der Waals surface area contributed by atoms with Gasteiger partial charge in [0.2, 0.25) is 0 Å². The van der Waals surface area contributed by atoms with Crippen LogP contribution in [0.2, 0.25) is 0 Å². The molecule has 0 aromatic heterocycles. The summed E-state index contributed by atoms with van der Waals surface area (Å²) in [5, 5.41) is 2.95. The molecule has 3 heteroatoms. The highest BCUT2D eigenvalue weighted by Crippen LogP contribution is 2.23. The quantitative estimate of drug-likeness (QED) is 0.874.